The molecule has 2 aromatic heterocycles. The number of aromatic amines is 1. The van der Waals surface area contributed by atoms with E-state index in [0.717, 1.165) is 0 Å². The summed E-state index contributed by atoms with van der Waals surface area (Å²) in [5.41, 5.74) is -0.660. The Labute approximate surface area is 115 Å². The molecule has 0 aliphatic rings. The SMILES string of the molecule is CCC(C)(NC(=O)c1cc(-c2ccco2)[nH]n1)C(=O)O. The molecule has 2 rings (SSSR count). The first-order valence-corrected chi connectivity index (χ1v) is 6.11. The van der Waals surface area contributed by atoms with Crippen LogP contribution in [0.1, 0.15) is 30.8 Å². The number of hydrogen-bond donors (Lipinski definition) is 3. The third-order valence-corrected chi connectivity index (χ3v) is 3.17. The number of nitrogens with zero attached hydrogens (tertiary/aromatic N) is 1. The zero-order valence-corrected chi connectivity index (χ0v) is 11.1. The summed E-state index contributed by atoms with van der Waals surface area (Å²) in [4.78, 5) is 23.2. The number of hydrogen-bond acceptors (Lipinski definition) is 4. The molecule has 0 fully saturated rings. The number of nitrogens with one attached hydrogen (secondary N) is 2. The van der Waals surface area contributed by atoms with Gasteiger partial charge in [0.1, 0.15) is 11.2 Å². The molecule has 0 saturated carbocycles. The van der Waals surface area contributed by atoms with Crippen LogP contribution in [-0.2, 0) is 4.79 Å². The quantitative estimate of drug-likeness (QED) is 0.770. The lowest BCUT2D eigenvalue weighted by molar-refractivity contribution is -0.143. The Kier molecular flexibility index (Phi) is 3.60. The minimum atomic E-state index is -1.32. The summed E-state index contributed by atoms with van der Waals surface area (Å²) in [7, 11) is 0. The van der Waals surface area contributed by atoms with Crippen LogP contribution < -0.4 is 5.32 Å². The Morgan fingerprint density at radius 1 is 1.55 bits per heavy atom. The minimum absolute atomic E-state index is 0.109. The van der Waals surface area contributed by atoms with Crippen molar-refractivity contribution in [3.8, 4) is 11.5 Å². The zero-order chi connectivity index (χ0) is 14.8. The summed E-state index contributed by atoms with van der Waals surface area (Å²) in [6.45, 7) is 3.14. The predicted molar refractivity (Wildman–Crippen MR) is 70.1 cm³/mol. The minimum Gasteiger partial charge on any atom is -0.480 e. The lowest BCUT2D eigenvalue weighted by atomic mass is 9.99. The van der Waals surface area contributed by atoms with Crippen LogP contribution in [0.4, 0.5) is 0 Å². The van der Waals surface area contributed by atoms with Gasteiger partial charge in [-0.1, -0.05) is 6.92 Å². The van der Waals surface area contributed by atoms with E-state index in [2.05, 4.69) is 15.5 Å². The molecule has 7 heteroatoms. The molecule has 1 atom stereocenters. The highest BCUT2D eigenvalue weighted by atomic mass is 16.4. The second kappa shape index (κ2) is 5.20. The average Bonchev–Trinajstić information content (AvgIpc) is 3.08. The molecular formula is C13H15N3O4. The third kappa shape index (κ3) is 2.56. The molecule has 1 amide bonds. The summed E-state index contributed by atoms with van der Waals surface area (Å²) < 4.78 is 5.18. The van der Waals surface area contributed by atoms with Gasteiger partial charge in [-0.25, -0.2) is 4.79 Å². The number of furan rings is 1. The van der Waals surface area contributed by atoms with Crippen LogP contribution in [0.25, 0.3) is 11.5 Å². The molecule has 20 heavy (non-hydrogen) atoms. The van der Waals surface area contributed by atoms with Crippen LogP contribution >= 0.6 is 0 Å². The van der Waals surface area contributed by atoms with E-state index in [1.807, 2.05) is 0 Å². The Bertz CT molecular complexity index is 617. The van der Waals surface area contributed by atoms with Gasteiger partial charge in [-0.3, -0.25) is 9.89 Å². The highest BCUT2D eigenvalue weighted by Gasteiger charge is 2.33. The molecule has 0 bridgehead atoms. The van der Waals surface area contributed by atoms with E-state index in [9.17, 15) is 9.59 Å². The van der Waals surface area contributed by atoms with Crippen LogP contribution in [0.5, 0.6) is 0 Å². The standard InChI is InChI=1S/C13H15N3O4/c1-3-13(2,12(18)19)14-11(17)9-7-8(15-16-9)10-5-4-6-20-10/h4-7H,3H2,1-2H3,(H,14,17)(H,15,16)(H,18,19). The number of carboxylic acid groups (broad SMARTS) is 1. The van der Waals surface area contributed by atoms with Crippen LogP contribution in [0, 0.1) is 0 Å². The van der Waals surface area contributed by atoms with Gasteiger partial charge in [0, 0.05) is 6.07 Å². The number of carbonyl (C=O) groups excluding carboxylic acids is 1. The van der Waals surface area contributed by atoms with E-state index < -0.39 is 17.4 Å². The molecular weight excluding hydrogens is 262 g/mol. The Morgan fingerprint density at radius 2 is 2.30 bits per heavy atom. The first kappa shape index (κ1) is 13.9. The summed E-state index contributed by atoms with van der Waals surface area (Å²) in [6, 6.07) is 4.95. The molecule has 0 spiro atoms. The topological polar surface area (TPSA) is 108 Å². The number of H-pyrrole nitrogens is 1. The molecule has 0 saturated heterocycles. The van der Waals surface area contributed by atoms with Crippen molar-refractivity contribution in [3.63, 3.8) is 0 Å². The van der Waals surface area contributed by atoms with E-state index in [0.29, 0.717) is 11.5 Å². The van der Waals surface area contributed by atoms with Gasteiger partial charge in [0.2, 0.25) is 0 Å². The molecule has 7 nitrogen and oxygen atoms in total. The summed E-state index contributed by atoms with van der Waals surface area (Å²) in [6.07, 6.45) is 1.78. The van der Waals surface area contributed by atoms with Crippen molar-refractivity contribution in [2.75, 3.05) is 0 Å². The van der Waals surface area contributed by atoms with Gasteiger partial charge in [0.15, 0.2) is 11.5 Å². The molecule has 0 aliphatic carbocycles. The second-order valence-corrected chi connectivity index (χ2v) is 4.59. The van der Waals surface area contributed by atoms with Crippen molar-refractivity contribution in [1.29, 1.82) is 0 Å². The van der Waals surface area contributed by atoms with Gasteiger partial charge >= 0.3 is 5.97 Å². The second-order valence-electron chi connectivity index (χ2n) is 4.59. The molecule has 0 aliphatic heterocycles. The normalized spacial score (nSPS) is 13.7. The Balaban J connectivity index is 2.16. The van der Waals surface area contributed by atoms with Crippen LogP contribution in [0.3, 0.4) is 0 Å². The lowest BCUT2D eigenvalue weighted by Crippen LogP contribution is -2.51. The van der Waals surface area contributed by atoms with E-state index in [1.165, 1.54) is 19.3 Å². The number of rotatable bonds is 5. The monoisotopic (exact) mass is 277 g/mol. The van der Waals surface area contributed by atoms with Gasteiger partial charge in [0.05, 0.1) is 6.26 Å². The van der Waals surface area contributed by atoms with Crippen molar-refractivity contribution in [1.82, 2.24) is 15.5 Å². The van der Waals surface area contributed by atoms with Gasteiger partial charge in [0.25, 0.3) is 5.91 Å². The van der Waals surface area contributed by atoms with Gasteiger partial charge < -0.3 is 14.8 Å². The molecule has 0 aromatic carbocycles. The van der Waals surface area contributed by atoms with Crippen molar-refractivity contribution in [2.45, 2.75) is 25.8 Å². The summed E-state index contributed by atoms with van der Waals surface area (Å²) >= 11 is 0. The molecule has 3 N–H and O–H groups in total. The number of amides is 1. The van der Waals surface area contributed by atoms with Gasteiger partial charge in [-0.2, -0.15) is 5.10 Å². The van der Waals surface area contributed by atoms with Crippen LogP contribution in [-0.4, -0.2) is 32.7 Å². The first-order valence-electron chi connectivity index (χ1n) is 6.11. The fourth-order valence-corrected chi connectivity index (χ4v) is 1.60. The predicted octanol–water partition coefficient (Wildman–Crippen LogP) is 1.65. The Morgan fingerprint density at radius 3 is 2.85 bits per heavy atom. The van der Waals surface area contributed by atoms with Gasteiger partial charge in [-0.15, -0.1) is 0 Å². The molecule has 1 unspecified atom stereocenters. The Hall–Kier alpha value is -2.57. The molecule has 2 heterocycles. The van der Waals surface area contributed by atoms with Gasteiger partial charge in [-0.05, 0) is 25.5 Å². The van der Waals surface area contributed by atoms with E-state index in [-0.39, 0.29) is 12.1 Å². The fraction of sp³-hybridized carbons (Fsp3) is 0.308. The van der Waals surface area contributed by atoms with Crippen molar-refractivity contribution >= 4 is 11.9 Å². The molecule has 106 valence electrons. The maximum atomic E-state index is 12.0. The van der Waals surface area contributed by atoms with Crippen molar-refractivity contribution < 1.29 is 19.1 Å². The number of aromatic nitrogens is 2. The number of carbonyl (C=O) groups is 2. The van der Waals surface area contributed by atoms with Crippen LogP contribution in [0.2, 0.25) is 0 Å². The van der Waals surface area contributed by atoms with E-state index >= 15 is 0 Å². The molecule has 0 radical (unpaired) electrons. The smallest absolute Gasteiger partial charge is 0.329 e. The summed E-state index contributed by atoms with van der Waals surface area (Å²) in [5, 5.41) is 18.1. The van der Waals surface area contributed by atoms with E-state index in [1.54, 1.807) is 19.1 Å². The number of aliphatic carboxylic acids is 1. The highest BCUT2D eigenvalue weighted by Crippen LogP contribution is 2.18. The highest BCUT2D eigenvalue weighted by molar-refractivity contribution is 5.96. The lowest BCUT2D eigenvalue weighted by Gasteiger charge is -2.23. The van der Waals surface area contributed by atoms with Crippen LogP contribution in [0.15, 0.2) is 28.9 Å². The van der Waals surface area contributed by atoms with Crippen molar-refractivity contribution in [2.24, 2.45) is 0 Å². The number of carboxylic acids is 1. The summed E-state index contributed by atoms with van der Waals surface area (Å²) in [5.74, 6) is -1.09. The largest absolute Gasteiger partial charge is 0.480 e. The third-order valence-electron chi connectivity index (χ3n) is 3.17. The fourth-order valence-electron chi connectivity index (χ4n) is 1.60. The average molecular weight is 277 g/mol. The van der Waals surface area contributed by atoms with E-state index in [4.69, 9.17) is 9.52 Å². The maximum absolute atomic E-state index is 12.0. The maximum Gasteiger partial charge on any atom is 0.329 e. The molecule has 2 aromatic rings. The van der Waals surface area contributed by atoms with Crippen molar-refractivity contribution in [3.05, 3.63) is 30.2 Å². The first-order chi connectivity index (χ1) is 9.46. The zero-order valence-electron chi connectivity index (χ0n) is 11.1.